The zero-order chi connectivity index (χ0) is 16.1. The average molecular weight is 356 g/mol. The number of ether oxygens (including phenoxy) is 1. The Morgan fingerprint density at radius 2 is 2.00 bits per heavy atom. The lowest BCUT2D eigenvalue weighted by atomic mass is 10.3. The Balaban J connectivity index is 1.56. The van der Waals surface area contributed by atoms with Gasteiger partial charge in [-0.15, -0.1) is 5.10 Å². The number of hydrogen-bond acceptors (Lipinski definition) is 7. The van der Waals surface area contributed by atoms with Crippen LogP contribution in [0.25, 0.3) is 5.69 Å². The number of halogens is 1. The zero-order valence-corrected chi connectivity index (χ0v) is 14.1. The van der Waals surface area contributed by atoms with Crippen LogP contribution in [0.2, 0.25) is 5.02 Å². The summed E-state index contributed by atoms with van der Waals surface area (Å²) >= 11 is 7.33. The minimum Gasteiger partial charge on any atom is -0.391 e. The highest BCUT2D eigenvalue weighted by atomic mass is 35.5. The Labute approximate surface area is 143 Å². The lowest BCUT2D eigenvalue weighted by Gasteiger charge is -2.28. The third-order valence-electron chi connectivity index (χ3n) is 3.49. The summed E-state index contributed by atoms with van der Waals surface area (Å²) in [5, 5.41) is 23.2. The smallest absolute Gasteiger partial charge is 0.214 e. The van der Waals surface area contributed by atoms with Crippen LogP contribution in [-0.2, 0) is 4.74 Å². The molecule has 1 aliphatic rings. The Bertz CT molecular complexity index is 618. The van der Waals surface area contributed by atoms with Crippen LogP contribution in [0.4, 0.5) is 0 Å². The Hall–Kier alpha value is -1.19. The number of morpholine rings is 1. The number of hydrogen-bond donors (Lipinski definition) is 1. The van der Waals surface area contributed by atoms with Crippen LogP contribution in [0.3, 0.4) is 0 Å². The highest BCUT2D eigenvalue weighted by Crippen LogP contribution is 2.20. The van der Waals surface area contributed by atoms with E-state index in [-0.39, 0.29) is 0 Å². The van der Waals surface area contributed by atoms with Gasteiger partial charge in [-0.25, -0.2) is 0 Å². The molecule has 2 aromatic rings. The van der Waals surface area contributed by atoms with Crippen molar-refractivity contribution in [1.82, 2.24) is 25.1 Å². The molecule has 7 nitrogen and oxygen atoms in total. The van der Waals surface area contributed by atoms with Crippen molar-refractivity contribution in [1.29, 1.82) is 0 Å². The van der Waals surface area contributed by atoms with Crippen LogP contribution >= 0.6 is 23.4 Å². The third kappa shape index (κ3) is 4.65. The summed E-state index contributed by atoms with van der Waals surface area (Å²) < 4.78 is 6.95. The summed E-state index contributed by atoms with van der Waals surface area (Å²) in [6.45, 7) is 3.83. The van der Waals surface area contributed by atoms with E-state index >= 15 is 0 Å². The van der Waals surface area contributed by atoms with Crippen LogP contribution in [0, 0.1) is 0 Å². The fraction of sp³-hybridized carbons (Fsp3) is 0.500. The number of benzene rings is 1. The summed E-state index contributed by atoms with van der Waals surface area (Å²) in [6.07, 6.45) is -0.437. The number of aliphatic hydroxyl groups excluding tert-OH is 1. The molecular formula is C14H18ClN5O2S. The standard InChI is InChI=1S/C14H18ClN5O2S/c15-11-1-3-12(4-2-11)20-14(16-17-18-20)23-10-13(21)9-19-5-7-22-8-6-19/h1-4,13,21H,5-10H2/t13-/m1/s1. The van der Waals surface area contributed by atoms with E-state index in [4.69, 9.17) is 16.3 Å². The summed E-state index contributed by atoms with van der Waals surface area (Å²) in [5.41, 5.74) is 0.838. The van der Waals surface area contributed by atoms with Gasteiger partial charge < -0.3 is 9.84 Å². The lowest BCUT2D eigenvalue weighted by molar-refractivity contribution is 0.0188. The van der Waals surface area contributed by atoms with Crippen molar-refractivity contribution >= 4 is 23.4 Å². The van der Waals surface area contributed by atoms with Crippen molar-refractivity contribution < 1.29 is 9.84 Å². The van der Waals surface area contributed by atoms with Gasteiger partial charge in [0.1, 0.15) is 0 Å². The maximum Gasteiger partial charge on any atom is 0.214 e. The quantitative estimate of drug-likeness (QED) is 0.777. The molecule has 0 aliphatic carbocycles. The van der Waals surface area contributed by atoms with Crippen molar-refractivity contribution in [2.75, 3.05) is 38.6 Å². The molecule has 2 heterocycles. The van der Waals surface area contributed by atoms with Crippen LogP contribution in [-0.4, -0.2) is 74.9 Å². The van der Waals surface area contributed by atoms with Crippen molar-refractivity contribution in [3.63, 3.8) is 0 Å². The normalized spacial score (nSPS) is 17.3. The maximum atomic E-state index is 10.2. The van der Waals surface area contributed by atoms with Crippen molar-refractivity contribution in [3.05, 3.63) is 29.3 Å². The van der Waals surface area contributed by atoms with Gasteiger partial charge in [0.05, 0.1) is 25.0 Å². The molecule has 3 rings (SSSR count). The first-order valence-electron chi connectivity index (χ1n) is 7.37. The molecule has 9 heteroatoms. The van der Waals surface area contributed by atoms with Gasteiger partial charge >= 0.3 is 0 Å². The minimum atomic E-state index is -0.437. The van der Waals surface area contributed by atoms with Gasteiger partial charge in [0.2, 0.25) is 5.16 Å². The molecule has 1 fully saturated rings. The van der Waals surface area contributed by atoms with Gasteiger partial charge in [-0.05, 0) is 34.7 Å². The monoisotopic (exact) mass is 355 g/mol. The fourth-order valence-electron chi connectivity index (χ4n) is 2.32. The molecule has 1 atom stereocenters. The maximum absolute atomic E-state index is 10.2. The Morgan fingerprint density at radius 3 is 2.74 bits per heavy atom. The number of thioether (sulfide) groups is 1. The van der Waals surface area contributed by atoms with Crippen molar-refractivity contribution in [2.24, 2.45) is 0 Å². The van der Waals surface area contributed by atoms with E-state index in [1.165, 1.54) is 11.8 Å². The number of rotatable bonds is 6. The van der Waals surface area contributed by atoms with E-state index in [1.807, 2.05) is 12.1 Å². The van der Waals surface area contributed by atoms with Crippen molar-refractivity contribution in [2.45, 2.75) is 11.3 Å². The van der Waals surface area contributed by atoms with Crippen LogP contribution < -0.4 is 0 Å². The Kier molecular flexibility index (Phi) is 5.85. The minimum absolute atomic E-state index is 0.437. The third-order valence-corrected chi connectivity index (χ3v) is 4.81. The summed E-state index contributed by atoms with van der Waals surface area (Å²) in [7, 11) is 0. The molecule has 1 aromatic heterocycles. The average Bonchev–Trinajstić information content (AvgIpc) is 3.03. The van der Waals surface area contributed by atoms with E-state index in [9.17, 15) is 5.11 Å². The SMILES string of the molecule is O[C@@H](CSc1nnnn1-c1ccc(Cl)cc1)CN1CCOCC1. The highest BCUT2D eigenvalue weighted by molar-refractivity contribution is 7.99. The first-order valence-corrected chi connectivity index (χ1v) is 8.74. The molecule has 0 unspecified atom stereocenters. The fourth-order valence-corrected chi connectivity index (χ4v) is 3.25. The van der Waals surface area contributed by atoms with Gasteiger partial charge in [-0.3, -0.25) is 4.90 Å². The van der Waals surface area contributed by atoms with Gasteiger partial charge in [0, 0.05) is 30.4 Å². The second-order valence-electron chi connectivity index (χ2n) is 5.23. The molecule has 124 valence electrons. The van der Waals surface area contributed by atoms with E-state index in [0.29, 0.717) is 22.5 Å². The van der Waals surface area contributed by atoms with Crippen LogP contribution in [0.5, 0.6) is 0 Å². The molecule has 0 saturated carbocycles. The molecule has 0 radical (unpaired) electrons. The predicted octanol–water partition coefficient (Wildman–Crippen LogP) is 1.10. The van der Waals surface area contributed by atoms with Crippen molar-refractivity contribution in [3.8, 4) is 5.69 Å². The predicted molar refractivity (Wildman–Crippen MR) is 88.2 cm³/mol. The van der Waals surface area contributed by atoms with Crippen LogP contribution in [0.1, 0.15) is 0 Å². The molecule has 1 aromatic carbocycles. The zero-order valence-electron chi connectivity index (χ0n) is 12.5. The van der Waals surface area contributed by atoms with Gasteiger partial charge in [0.25, 0.3) is 0 Å². The van der Waals surface area contributed by atoms with Crippen LogP contribution in [0.15, 0.2) is 29.4 Å². The van der Waals surface area contributed by atoms with Gasteiger partial charge in [-0.2, -0.15) is 4.68 Å². The highest BCUT2D eigenvalue weighted by Gasteiger charge is 2.17. The number of aromatic nitrogens is 4. The van der Waals surface area contributed by atoms with E-state index < -0.39 is 6.10 Å². The molecule has 1 N–H and O–H groups in total. The topological polar surface area (TPSA) is 76.3 Å². The molecule has 0 spiro atoms. The summed E-state index contributed by atoms with van der Waals surface area (Å²) in [5.74, 6) is 0.533. The van der Waals surface area contributed by atoms with Gasteiger partial charge in [-0.1, -0.05) is 23.4 Å². The molecule has 0 amide bonds. The van der Waals surface area contributed by atoms with E-state index in [0.717, 1.165) is 32.0 Å². The second-order valence-corrected chi connectivity index (χ2v) is 6.65. The Morgan fingerprint density at radius 1 is 1.26 bits per heavy atom. The number of aliphatic hydroxyl groups is 1. The largest absolute Gasteiger partial charge is 0.391 e. The molecule has 0 bridgehead atoms. The second kappa shape index (κ2) is 8.07. The van der Waals surface area contributed by atoms with E-state index in [2.05, 4.69) is 20.4 Å². The summed E-state index contributed by atoms with van der Waals surface area (Å²) in [6, 6.07) is 7.29. The molecular weight excluding hydrogens is 338 g/mol. The van der Waals surface area contributed by atoms with Gasteiger partial charge in [0.15, 0.2) is 0 Å². The number of β-amino-alcohol motifs (C(OH)–C–C–N with tert-alkyl or cyclic N) is 1. The summed E-state index contributed by atoms with van der Waals surface area (Å²) in [4.78, 5) is 2.21. The number of nitrogens with zero attached hydrogens (tertiary/aromatic N) is 5. The first-order chi connectivity index (χ1) is 11.2. The molecule has 23 heavy (non-hydrogen) atoms. The lowest BCUT2D eigenvalue weighted by Crippen LogP contribution is -2.41. The molecule has 1 saturated heterocycles. The first kappa shape index (κ1) is 16.7. The molecule has 1 aliphatic heterocycles. The van der Waals surface area contributed by atoms with E-state index in [1.54, 1.807) is 16.8 Å². The number of tetrazole rings is 1.